The molecule has 16 heavy (non-hydrogen) atoms. The van der Waals surface area contributed by atoms with Gasteiger partial charge in [0.15, 0.2) is 11.6 Å². The lowest BCUT2D eigenvalue weighted by molar-refractivity contribution is 0.122. The molecule has 1 aromatic rings. The third kappa shape index (κ3) is 2.54. The van der Waals surface area contributed by atoms with E-state index in [1.54, 1.807) is 4.90 Å². The molecule has 2 rings (SSSR count). The summed E-state index contributed by atoms with van der Waals surface area (Å²) in [5.74, 6) is -1.23. The Morgan fingerprint density at radius 2 is 1.62 bits per heavy atom. The lowest BCUT2D eigenvalue weighted by atomic mass is 10.2. The number of benzene rings is 1. The van der Waals surface area contributed by atoms with Gasteiger partial charge in [0.1, 0.15) is 5.69 Å². The summed E-state index contributed by atoms with van der Waals surface area (Å²) in [4.78, 5) is 1.63. The van der Waals surface area contributed by atoms with Crippen LogP contribution >= 0.6 is 12.4 Å². The van der Waals surface area contributed by atoms with Crippen LogP contribution in [-0.2, 0) is 4.74 Å². The molecule has 1 aromatic carbocycles. The third-order valence-corrected chi connectivity index (χ3v) is 2.37. The van der Waals surface area contributed by atoms with Crippen LogP contribution in [0.5, 0.6) is 0 Å². The third-order valence-electron chi connectivity index (χ3n) is 2.37. The number of nitrogen functional groups attached to an aromatic ring is 1. The molecule has 0 aromatic heterocycles. The average Bonchev–Trinajstić information content (AvgIpc) is 2.17. The fourth-order valence-electron chi connectivity index (χ4n) is 1.67. The van der Waals surface area contributed by atoms with Crippen LogP contribution in [0.4, 0.5) is 20.2 Å². The Morgan fingerprint density at radius 1 is 1.12 bits per heavy atom. The van der Waals surface area contributed by atoms with Gasteiger partial charge in [0, 0.05) is 18.8 Å². The Balaban J connectivity index is 0.00000128. The SMILES string of the molecule is Cl.Nc1cc(F)c(N2CCOCC2)c(F)c1. The summed E-state index contributed by atoms with van der Waals surface area (Å²) in [6.45, 7) is 1.97. The van der Waals surface area contributed by atoms with Gasteiger partial charge in [0.2, 0.25) is 0 Å². The van der Waals surface area contributed by atoms with Crippen molar-refractivity contribution in [1.29, 1.82) is 0 Å². The van der Waals surface area contributed by atoms with Crippen molar-refractivity contribution in [3.05, 3.63) is 23.8 Å². The Kier molecular flexibility index (Phi) is 4.32. The minimum atomic E-state index is -0.616. The van der Waals surface area contributed by atoms with Crippen LogP contribution in [0, 0.1) is 11.6 Å². The van der Waals surface area contributed by atoms with Gasteiger partial charge in [0.25, 0.3) is 0 Å². The van der Waals surface area contributed by atoms with Gasteiger partial charge >= 0.3 is 0 Å². The van der Waals surface area contributed by atoms with Gasteiger partial charge in [-0.2, -0.15) is 0 Å². The fourth-order valence-corrected chi connectivity index (χ4v) is 1.67. The fraction of sp³-hybridized carbons (Fsp3) is 0.400. The number of morpholine rings is 1. The van der Waals surface area contributed by atoms with Crippen molar-refractivity contribution in [3.8, 4) is 0 Å². The summed E-state index contributed by atoms with van der Waals surface area (Å²) in [7, 11) is 0. The van der Waals surface area contributed by atoms with Gasteiger partial charge in [-0.05, 0) is 12.1 Å². The Hall–Kier alpha value is -1.07. The number of anilines is 2. The molecule has 0 aliphatic carbocycles. The molecule has 0 atom stereocenters. The molecule has 0 bridgehead atoms. The lowest BCUT2D eigenvalue weighted by Crippen LogP contribution is -2.37. The maximum atomic E-state index is 13.5. The number of nitrogens with zero attached hydrogens (tertiary/aromatic N) is 1. The maximum absolute atomic E-state index is 13.5. The van der Waals surface area contributed by atoms with Crippen LogP contribution in [0.1, 0.15) is 0 Å². The largest absolute Gasteiger partial charge is 0.399 e. The van der Waals surface area contributed by atoms with Crippen LogP contribution < -0.4 is 10.6 Å². The van der Waals surface area contributed by atoms with Gasteiger partial charge in [-0.1, -0.05) is 0 Å². The minimum absolute atomic E-state index is 0. The number of rotatable bonds is 1. The molecule has 2 N–H and O–H groups in total. The summed E-state index contributed by atoms with van der Waals surface area (Å²) in [6, 6.07) is 2.27. The zero-order valence-electron chi connectivity index (χ0n) is 8.58. The summed E-state index contributed by atoms with van der Waals surface area (Å²) < 4.78 is 32.1. The molecule has 90 valence electrons. The Morgan fingerprint density at radius 3 is 2.12 bits per heavy atom. The molecule has 0 saturated carbocycles. The molecule has 0 radical (unpaired) electrons. The van der Waals surface area contributed by atoms with Gasteiger partial charge in [-0.15, -0.1) is 12.4 Å². The van der Waals surface area contributed by atoms with E-state index in [1.165, 1.54) is 0 Å². The van der Waals surface area contributed by atoms with E-state index in [0.29, 0.717) is 26.3 Å². The first-order chi connectivity index (χ1) is 7.18. The van der Waals surface area contributed by atoms with Crippen LogP contribution in [0.2, 0.25) is 0 Å². The van der Waals surface area contributed by atoms with Crippen molar-refractivity contribution in [3.63, 3.8) is 0 Å². The van der Waals surface area contributed by atoms with Crippen LogP contribution in [0.15, 0.2) is 12.1 Å². The van der Waals surface area contributed by atoms with Crippen molar-refractivity contribution < 1.29 is 13.5 Å². The first kappa shape index (κ1) is 13.0. The number of hydrogen-bond acceptors (Lipinski definition) is 3. The van der Waals surface area contributed by atoms with E-state index < -0.39 is 11.6 Å². The van der Waals surface area contributed by atoms with E-state index in [0.717, 1.165) is 12.1 Å². The molecular formula is C10H13ClF2N2O. The topological polar surface area (TPSA) is 38.5 Å². The van der Waals surface area contributed by atoms with E-state index >= 15 is 0 Å². The first-order valence-corrected chi connectivity index (χ1v) is 4.75. The molecule has 6 heteroatoms. The number of ether oxygens (including phenoxy) is 1. The van der Waals surface area contributed by atoms with E-state index in [4.69, 9.17) is 10.5 Å². The van der Waals surface area contributed by atoms with Gasteiger partial charge < -0.3 is 15.4 Å². The van der Waals surface area contributed by atoms with E-state index in [1.807, 2.05) is 0 Å². The van der Waals surface area contributed by atoms with Crippen molar-refractivity contribution in [2.24, 2.45) is 0 Å². The van der Waals surface area contributed by atoms with Gasteiger partial charge in [-0.25, -0.2) is 8.78 Å². The molecule has 1 fully saturated rings. The zero-order chi connectivity index (χ0) is 10.8. The van der Waals surface area contributed by atoms with Crippen molar-refractivity contribution in [2.75, 3.05) is 36.9 Å². The molecule has 1 saturated heterocycles. The molecular weight excluding hydrogens is 238 g/mol. The molecule has 1 aliphatic heterocycles. The molecule has 1 aliphatic rings. The number of halogens is 3. The van der Waals surface area contributed by atoms with Gasteiger partial charge in [0.05, 0.1) is 13.2 Å². The van der Waals surface area contributed by atoms with E-state index in [9.17, 15) is 8.78 Å². The predicted octanol–water partition coefficient (Wildman–Crippen LogP) is 1.81. The second-order valence-electron chi connectivity index (χ2n) is 3.43. The summed E-state index contributed by atoms with van der Waals surface area (Å²) in [5, 5.41) is 0. The predicted molar refractivity (Wildman–Crippen MR) is 61.1 cm³/mol. The smallest absolute Gasteiger partial charge is 0.151 e. The Labute approximate surface area is 98.6 Å². The minimum Gasteiger partial charge on any atom is -0.399 e. The molecule has 3 nitrogen and oxygen atoms in total. The summed E-state index contributed by atoms with van der Waals surface area (Å²) >= 11 is 0. The summed E-state index contributed by atoms with van der Waals surface area (Å²) in [5.41, 5.74) is 5.43. The highest BCUT2D eigenvalue weighted by atomic mass is 35.5. The number of nitrogens with two attached hydrogens (primary N) is 1. The Bertz CT molecular complexity index is 347. The first-order valence-electron chi connectivity index (χ1n) is 4.75. The second-order valence-corrected chi connectivity index (χ2v) is 3.43. The molecule has 0 amide bonds. The number of hydrogen-bond donors (Lipinski definition) is 1. The quantitative estimate of drug-likeness (QED) is 0.773. The molecule has 0 spiro atoms. The molecule has 0 unspecified atom stereocenters. The summed E-state index contributed by atoms with van der Waals surface area (Å²) in [6.07, 6.45) is 0. The maximum Gasteiger partial charge on any atom is 0.151 e. The lowest BCUT2D eigenvalue weighted by Gasteiger charge is -2.29. The van der Waals surface area contributed by atoms with Crippen LogP contribution in [0.25, 0.3) is 0 Å². The highest BCUT2D eigenvalue weighted by molar-refractivity contribution is 5.85. The van der Waals surface area contributed by atoms with Crippen LogP contribution in [0.3, 0.4) is 0 Å². The van der Waals surface area contributed by atoms with Crippen molar-refractivity contribution in [2.45, 2.75) is 0 Å². The highest BCUT2D eigenvalue weighted by Crippen LogP contribution is 2.26. The standard InChI is InChI=1S/C10H12F2N2O.ClH/c11-8-5-7(13)6-9(12)10(8)14-1-3-15-4-2-14;/h5-6H,1-4,13H2;1H. The van der Waals surface area contributed by atoms with Gasteiger partial charge in [-0.3, -0.25) is 0 Å². The monoisotopic (exact) mass is 250 g/mol. The van der Waals surface area contributed by atoms with E-state index in [-0.39, 0.29) is 23.8 Å². The average molecular weight is 251 g/mol. The van der Waals surface area contributed by atoms with Crippen molar-refractivity contribution >= 4 is 23.8 Å². The van der Waals surface area contributed by atoms with Crippen LogP contribution in [-0.4, -0.2) is 26.3 Å². The normalized spacial score (nSPS) is 15.8. The van der Waals surface area contributed by atoms with E-state index in [2.05, 4.69) is 0 Å². The van der Waals surface area contributed by atoms with Crippen molar-refractivity contribution in [1.82, 2.24) is 0 Å². The molecule has 1 heterocycles. The zero-order valence-corrected chi connectivity index (χ0v) is 9.40. The highest BCUT2D eigenvalue weighted by Gasteiger charge is 2.19. The second kappa shape index (κ2) is 5.32.